The normalized spacial score (nSPS) is 12.1. The lowest BCUT2D eigenvalue weighted by Crippen LogP contribution is -2.22. The molecule has 0 fully saturated rings. The van der Waals surface area contributed by atoms with Crippen molar-refractivity contribution in [1.82, 2.24) is 4.31 Å². The third kappa shape index (κ3) is 6.03. The van der Waals surface area contributed by atoms with Gasteiger partial charge >= 0.3 is 0 Å². The molecule has 120 valence electrons. The number of rotatable bonds is 9. The molecule has 1 N–H and O–H groups in total. The Morgan fingerprint density at radius 1 is 1.14 bits per heavy atom. The van der Waals surface area contributed by atoms with Crippen LogP contribution < -0.4 is 5.32 Å². The van der Waals surface area contributed by atoms with Gasteiger partial charge in [0.05, 0.1) is 11.0 Å². The lowest BCUT2D eigenvalue weighted by Gasteiger charge is -2.12. The molecule has 21 heavy (non-hydrogen) atoms. The quantitative estimate of drug-likeness (QED) is 0.712. The molecule has 0 radical (unpaired) electrons. The average Bonchev–Trinajstić information content (AvgIpc) is 2.42. The molecule has 1 aromatic carbocycles. The standard InChI is InChI=1S/C15H26N2O3S/c1-13(2)20-12-6-5-11-16-14-7-9-15(10-8-14)21(18,19)17(3)4/h7-10,13,16H,5-6,11-12H2,1-4H3. The van der Waals surface area contributed by atoms with Crippen LogP contribution in [-0.2, 0) is 14.8 Å². The molecular formula is C15H26N2O3S. The maximum absolute atomic E-state index is 11.9. The summed E-state index contributed by atoms with van der Waals surface area (Å²) < 4.78 is 30.5. The van der Waals surface area contributed by atoms with Crippen molar-refractivity contribution in [3.63, 3.8) is 0 Å². The molecular weight excluding hydrogens is 288 g/mol. The second-order valence-corrected chi connectivity index (χ2v) is 7.52. The third-order valence-electron chi connectivity index (χ3n) is 2.98. The van der Waals surface area contributed by atoms with Crippen LogP contribution in [0.1, 0.15) is 26.7 Å². The summed E-state index contributed by atoms with van der Waals surface area (Å²) >= 11 is 0. The van der Waals surface area contributed by atoms with Gasteiger partial charge in [0, 0.05) is 32.9 Å². The highest BCUT2D eigenvalue weighted by molar-refractivity contribution is 7.89. The Kier molecular flexibility index (Phi) is 7.14. The first-order valence-electron chi connectivity index (χ1n) is 7.22. The summed E-state index contributed by atoms with van der Waals surface area (Å²) in [6, 6.07) is 6.83. The van der Waals surface area contributed by atoms with Crippen LogP contribution in [0.3, 0.4) is 0 Å². The van der Waals surface area contributed by atoms with Crippen LogP contribution in [0.25, 0.3) is 0 Å². The Morgan fingerprint density at radius 2 is 1.76 bits per heavy atom. The SMILES string of the molecule is CC(C)OCCCCNc1ccc(S(=O)(=O)N(C)C)cc1. The van der Waals surface area contributed by atoms with Gasteiger partial charge in [0.15, 0.2) is 0 Å². The molecule has 0 amide bonds. The van der Waals surface area contributed by atoms with Gasteiger partial charge in [-0.2, -0.15) is 0 Å². The summed E-state index contributed by atoms with van der Waals surface area (Å²) in [5.74, 6) is 0. The Bertz CT molecular complexity index is 510. The largest absolute Gasteiger partial charge is 0.385 e. The highest BCUT2D eigenvalue weighted by atomic mass is 32.2. The molecule has 0 heterocycles. The van der Waals surface area contributed by atoms with Gasteiger partial charge in [-0.25, -0.2) is 12.7 Å². The van der Waals surface area contributed by atoms with E-state index in [9.17, 15) is 8.42 Å². The number of hydrogen-bond donors (Lipinski definition) is 1. The van der Waals surface area contributed by atoms with E-state index in [1.54, 1.807) is 24.3 Å². The van der Waals surface area contributed by atoms with Crippen molar-refractivity contribution in [2.24, 2.45) is 0 Å². The number of sulfonamides is 1. The number of benzene rings is 1. The molecule has 1 rings (SSSR count). The zero-order valence-electron chi connectivity index (χ0n) is 13.3. The van der Waals surface area contributed by atoms with E-state index in [2.05, 4.69) is 5.32 Å². The van der Waals surface area contributed by atoms with Gasteiger partial charge in [0.2, 0.25) is 10.0 Å². The van der Waals surface area contributed by atoms with Crippen LogP contribution >= 0.6 is 0 Å². The molecule has 0 aliphatic carbocycles. The maximum Gasteiger partial charge on any atom is 0.242 e. The van der Waals surface area contributed by atoms with Crippen LogP contribution in [0.5, 0.6) is 0 Å². The first-order chi connectivity index (χ1) is 9.84. The van der Waals surface area contributed by atoms with Gasteiger partial charge in [-0.15, -0.1) is 0 Å². The zero-order valence-corrected chi connectivity index (χ0v) is 14.1. The van der Waals surface area contributed by atoms with Crippen molar-refractivity contribution >= 4 is 15.7 Å². The fourth-order valence-corrected chi connectivity index (χ4v) is 2.64. The lowest BCUT2D eigenvalue weighted by atomic mass is 10.3. The van der Waals surface area contributed by atoms with Gasteiger partial charge in [0.25, 0.3) is 0 Å². The molecule has 6 heteroatoms. The molecule has 0 unspecified atom stereocenters. The van der Waals surface area contributed by atoms with Crippen LogP contribution in [0.4, 0.5) is 5.69 Å². The summed E-state index contributed by atoms with van der Waals surface area (Å²) in [6.45, 7) is 5.68. The number of nitrogens with zero attached hydrogens (tertiary/aromatic N) is 1. The Hall–Kier alpha value is -1.11. The molecule has 0 bridgehead atoms. The molecule has 0 aliphatic heterocycles. The first-order valence-corrected chi connectivity index (χ1v) is 8.66. The topological polar surface area (TPSA) is 58.6 Å². The number of nitrogens with one attached hydrogen (secondary N) is 1. The van der Waals surface area contributed by atoms with E-state index >= 15 is 0 Å². The van der Waals surface area contributed by atoms with E-state index in [0.29, 0.717) is 4.90 Å². The minimum Gasteiger partial charge on any atom is -0.385 e. The average molecular weight is 314 g/mol. The number of unbranched alkanes of at least 4 members (excludes halogenated alkanes) is 1. The summed E-state index contributed by atoms with van der Waals surface area (Å²) in [5, 5.41) is 3.28. The number of hydrogen-bond acceptors (Lipinski definition) is 4. The van der Waals surface area contributed by atoms with E-state index in [1.165, 1.54) is 18.4 Å². The Balaban J connectivity index is 2.39. The minimum absolute atomic E-state index is 0.282. The lowest BCUT2D eigenvalue weighted by molar-refractivity contribution is 0.0765. The van der Waals surface area contributed by atoms with E-state index in [-0.39, 0.29) is 6.10 Å². The maximum atomic E-state index is 11.9. The molecule has 1 aromatic rings. The fourth-order valence-electron chi connectivity index (χ4n) is 1.73. The van der Waals surface area contributed by atoms with Crippen molar-refractivity contribution in [3.8, 4) is 0 Å². The monoisotopic (exact) mass is 314 g/mol. The summed E-state index contributed by atoms with van der Waals surface area (Å²) in [7, 11) is -0.288. The summed E-state index contributed by atoms with van der Waals surface area (Å²) in [5.41, 5.74) is 0.928. The predicted octanol–water partition coefficient (Wildman–Crippen LogP) is 2.55. The van der Waals surface area contributed by atoms with Gasteiger partial charge in [-0.1, -0.05) is 0 Å². The van der Waals surface area contributed by atoms with Crippen LogP contribution in [0.15, 0.2) is 29.2 Å². The Morgan fingerprint density at radius 3 is 2.29 bits per heavy atom. The highest BCUT2D eigenvalue weighted by Crippen LogP contribution is 2.16. The second kappa shape index (κ2) is 8.36. The Labute approximate surface area is 128 Å². The smallest absolute Gasteiger partial charge is 0.242 e. The van der Waals surface area contributed by atoms with Crippen molar-refractivity contribution in [2.45, 2.75) is 37.7 Å². The minimum atomic E-state index is -3.35. The van der Waals surface area contributed by atoms with Gasteiger partial charge in [-0.05, 0) is 51.0 Å². The molecule has 0 atom stereocenters. The van der Waals surface area contributed by atoms with Crippen LogP contribution in [0, 0.1) is 0 Å². The summed E-state index contributed by atoms with van der Waals surface area (Å²) in [6.07, 6.45) is 2.31. The van der Waals surface area contributed by atoms with E-state index in [1.807, 2.05) is 13.8 Å². The zero-order chi connectivity index (χ0) is 15.9. The van der Waals surface area contributed by atoms with Crippen molar-refractivity contribution in [1.29, 1.82) is 0 Å². The third-order valence-corrected chi connectivity index (χ3v) is 4.81. The van der Waals surface area contributed by atoms with Crippen molar-refractivity contribution in [3.05, 3.63) is 24.3 Å². The molecule has 0 saturated heterocycles. The summed E-state index contributed by atoms with van der Waals surface area (Å²) in [4.78, 5) is 0.309. The van der Waals surface area contributed by atoms with E-state index in [0.717, 1.165) is 31.7 Å². The second-order valence-electron chi connectivity index (χ2n) is 5.37. The van der Waals surface area contributed by atoms with Crippen LogP contribution in [-0.4, -0.2) is 46.1 Å². The van der Waals surface area contributed by atoms with Gasteiger partial charge in [-0.3, -0.25) is 0 Å². The number of ether oxygens (including phenoxy) is 1. The van der Waals surface area contributed by atoms with Crippen LogP contribution in [0.2, 0.25) is 0 Å². The fraction of sp³-hybridized carbons (Fsp3) is 0.600. The van der Waals surface area contributed by atoms with E-state index < -0.39 is 10.0 Å². The van der Waals surface area contributed by atoms with Gasteiger partial charge in [0.1, 0.15) is 0 Å². The number of anilines is 1. The predicted molar refractivity (Wildman–Crippen MR) is 86.1 cm³/mol. The molecule has 5 nitrogen and oxygen atoms in total. The molecule has 0 spiro atoms. The first kappa shape index (κ1) is 17.9. The van der Waals surface area contributed by atoms with E-state index in [4.69, 9.17) is 4.74 Å². The molecule has 0 aliphatic rings. The van der Waals surface area contributed by atoms with Gasteiger partial charge < -0.3 is 10.1 Å². The molecule has 0 saturated carbocycles. The van der Waals surface area contributed by atoms with Crippen molar-refractivity contribution < 1.29 is 13.2 Å². The van der Waals surface area contributed by atoms with Crippen molar-refractivity contribution in [2.75, 3.05) is 32.6 Å². The highest BCUT2D eigenvalue weighted by Gasteiger charge is 2.16. The molecule has 0 aromatic heterocycles.